The zero-order valence-electron chi connectivity index (χ0n) is 21.8. The molecule has 3 atom stereocenters. The summed E-state index contributed by atoms with van der Waals surface area (Å²) < 4.78 is 0. The van der Waals surface area contributed by atoms with Crippen molar-refractivity contribution in [2.75, 3.05) is 6.54 Å². The van der Waals surface area contributed by atoms with Gasteiger partial charge in [0.2, 0.25) is 17.7 Å². The summed E-state index contributed by atoms with van der Waals surface area (Å²) in [6.45, 7) is 7.11. The van der Waals surface area contributed by atoms with Crippen molar-refractivity contribution in [2.45, 2.75) is 71.9 Å². The van der Waals surface area contributed by atoms with Crippen LogP contribution in [0.25, 0.3) is 11.1 Å². The average molecular weight is 493 g/mol. The van der Waals surface area contributed by atoms with Gasteiger partial charge >= 0.3 is 0 Å². The summed E-state index contributed by atoms with van der Waals surface area (Å²) in [6.07, 6.45) is 7.81. The lowest BCUT2D eigenvalue weighted by Gasteiger charge is -2.29. The third-order valence-electron chi connectivity index (χ3n) is 6.89. The molecular weight excluding hydrogens is 452 g/mol. The first-order valence-electron chi connectivity index (χ1n) is 13.2. The van der Waals surface area contributed by atoms with Gasteiger partial charge in [-0.1, -0.05) is 57.5 Å². The fourth-order valence-electron chi connectivity index (χ4n) is 5.07. The lowest BCUT2D eigenvalue weighted by Crippen LogP contribution is -2.50. The monoisotopic (exact) mass is 492 g/mol. The molecule has 1 aliphatic heterocycles. The summed E-state index contributed by atoms with van der Waals surface area (Å²) in [5.41, 5.74) is 8.72. The quantitative estimate of drug-likeness (QED) is 0.488. The Morgan fingerprint density at radius 2 is 1.86 bits per heavy atom. The maximum atomic E-state index is 13.5. The molecule has 0 saturated carbocycles. The number of hydrogen-bond acceptors (Lipinski definition) is 4. The van der Waals surface area contributed by atoms with Gasteiger partial charge in [0.15, 0.2) is 0 Å². The number of aromatic nitrogens is 1. The van der Waals surface area contributed by atoms with Gasteiger partial charge in [0.05, 0.1) is 0 Å². The number of rotatable bonds is 11. The number of hydrogen-bond donors (Lipinski definition) is 2. The van der Waals surface area contributed by atoms with E-state index in [2.05, 4.69) is 16.4 Å². The molecule has 194 valence electrons. The van der Waals surface area contributed by atoms with Gasteiger partial charge in [-0.2, -0.15) is 0 Å². The van der Waals surface area contributed by atoms with Crippen molar-refractivity contribution in [1.29, 1.82) is 0 Å². The minimum Gasteiger partial charge on any atom is -0.369 e. The number of nitrogens with two attached hydrogens (primary N) is 1. The third kappa shape index (κ3) is 7.39. The van der Waals surface area contributed by atoms with Gasteiger partial charge < -0.3 is 16.0 Å². The second kappa shape index (κ2) is 13.2. The number of nitrogens with one attached hydrogen (secondary N) is 1. The fraction of sp³-hybridized carbons (Fsp3) is 0.517. The van der Waals surface area contributed by atoms with Crippen LogP contribution in [0.1, 0.15) is 64.9 Å². The number of likely N-dealkylation sites (tertiary alicyclic amines) is 1. The topological polar surface area (TPSA) is 105 Å². The van der Waals surface area contributed by atoms with Crippen LogP contribution in [0.2, 0.25) is 0 Å². The van der Waals surface area contributed by atoms with E-state index in [0.29, 0.717) is 32.4 Å². The molecule has 3 rings (SSSR count). The summed E-state index contributed by atoms with van der Waals surface area (Å²) >= 11 is 0. The second-order valence-corrected chi connectivity index (χ2v) is 10.3. The molecule has 1 saturated heterocycles. The molecule has 3 amide bonds. The van der Waals surface area contributed by atoms with E-state index < -0.39 is 23.8 Å². The molecule has 1 unspecified atom stereocenters. The first-order valence-corrected chi connectivity index (χ1v) is 13.2. The Hall–Kier alpha value is -3.22. The highest BCUT2D eigenvalue weighted by Gasteiger charge is 2.35. The highest BCUT2D eigenvalue weighted by molar-refractivity contribution is 5.91. The van der Waals surface area contributed by atoms with Crippen LogP contribution >= 0.6 is 0 Å². The van der Waals surface area contributed by atoms with Crippen LogP contribution in [0.15, 0.2) is 48.8 Å². The number of primary amides is 1. The first kappa shape index (κ1) is 27.4. The molecule has 36 heavy (non-hydrogen) atoms. The molecule has 0 bridgehead atoms. The Morgan fingerprint density at radius 1 is 1.11 bits per heavy atom. The predicted octanol–water partition coefficient (Wildman–Crippen LogP) is 4.31. The molecule has 7 nitrogen and oxygen atoms in total. The molecular formula is C29H40N4O3. The van der Waals surface area contributed by atoms with Crippen LogP contribution in [-0.4, -0.2) is 40.2 Å². The van der Waals surface area contributed by atoms with E-state index in [0.717, 1.165) is 36.0 Å². The minimum absolute atomic E-state index is 0.0830. The van der Waals surface area contributed by atoms with E-state index >= 15 is 0 Å². The average Bonchev–Trinajstić information content (AvgIpc) is 3.03. The third-order valence-corrected chi connectivity index (χ3v) is 6.89. The normalized spacial score (nSPS) is 17.9. The molecule has 0 aliphatic carbocycles. The van der Waals surface area contributed by atoms with Crippen LogP contribution in [-0.2, 0) is 20.9 Å². The smallest absolute Gasteiger partial charge is 0.245 e. The van der Waals surface area contributed by atoms with Gasteiger partial charge in [0, 0.05) is 42.9 Å². The van der Waals surface area contributed by atoms with Crippen LogP contribution in [0.5, 0.6) is 0 Å². The zero-order chi connectivity index (χ0) is 26.1. The molecule has 7 heteroatoms. The summed E-state index contributed by atoms with van der Waals surface area (Å²) in [5.74, 6) is -1.60. The molecule has 1 aromatic heterocycles. The van der Waals surface area contributed by atoms with Gasteiger partial charge in [-0.3, -0.25) is 19.4 Å². The van der Waals surface area contributed by atoms with Gasteiger partial charge in [-0.05, 0) is 55.2 Å². The Balaban J connectivity index is 1.74. The second-order valence-electron chi connectivity index (χ2n) is 10.3. The van der Waals surface area contributed by atoms with Crippen molar-refractivity contribution in [3.8, 4) is 11.1 Å². The number of benzene rings is 1. The molecule has 1 fully saturated rings. The molecule has 2 heterocycles. The number of nitrogens with zero attached hydrogens (tertiary/aromatic N) is 2. The van der Waals surface area contributed by atoms with Crippen molar-refractivity contribution < 1.29 is 14.4 Å². The van der Waals surface area contributed by atoms with Crippen LogP contribution in [0.4, 0.5) is 0 Å². The summed E-state index contributed by atoms with van der Waals surface area (Å²) in [5, 5.41) is 3.01. The highest BCUT2D eigenvalue weighted by Crippen LogP contribution is 2.26. The van der Waals surface area contributed by atoms with Gasteiger partial charge in [-0.25, -0.2) is 0 Å². The molecule has 1 aromatic carbocycles. The van der Waals surface area contributed by atoms with E-state index in [1.165, 1.54) is 0 Å². The fourth-order valence-corrected chi connectivity index (χ4v) is 5.07. The van der Waals surface area contributed by atoms with E-state index in [1.807, 2.05) is 62.2 Å². The van der Waals surface area contributed by atoms with Crippen LogP contribution in [0.3, 0.4) is 0 Å². The first-order chi connectivity index (χ1) is 17.3. The Kier molecular flexibility index (Phi) is 10.0. The molecule has 3 N–H and O–H groups in total. The van der Waals surface area contributed by atoms with Gasteiger partial charge in [0.25, 0.3) is 0 Å². The van der Waals surface area contributed by atoms with Crippen molar-refractivity contribution in [1.82, 2.24) is 15.2 Å². The number of amides is 3. The van der Waals surface area contributed by atoms with Crippen molar-refractivity contribution in [3.63, 3.8) is 0 Å². The van der Waals surface area contributed by atoms with Gasteiger partial charge in [-0.15, -0.1) is 0 Å². The van der Waals surface area contributed by atoms with Crippen molar-refractivity contribution >= 4 is 17.7 Å². The molecule has 0 spiro atoms. The van der Waals surface area contributed by atoms with Crippen molar-refractivity contribution in [2.24, 2.45) is 23.5 Å². The van der Waals surface area contributed by atoms with E-state index in [1.54, 1.807) is 6.20 Å². The van der Waals surface area contributed by atoms with E-state index in [4.69, 9.17) is 5.73 Å². The maximum Gasteiger partial charge on any atom is 0.245 e. The summed E-state index contributed by atoms with van der Waals surface area (Å²) in [4.78, 5) is 45.3. The highest BCUT2D eigenvalue weighted by atomic mass is 16.2. The van der Waals surface area contributed by atoms with Crippen molar-refractivity contribution in [3.05, 3.63) is 54.4 Å². The van der Waals surface area contributed by atoms with Crippen LogP contribution in [0, 0.1) is 17.8 Å². The lowest BCUT2D eigenvalue weighted by molar-refractivity contribution is -0.139. The Labute approximate surface area is 214 Å². The standard InChI is InChI=1S/C29H40N4O3/c1-4-10-24(27(30)34)25(15-20(2)3)28(35)32-26-13-8-9-14-33(29(26)36)19-21-16-23(18-31-17-21)22-11-6-5-7-12-22/h5-7,11-12,16-18,20,24-26H,4,8-10,13-15,19H2,1-3H3,(H2,30,34)(H,32,35)/t24-,25?,26-/m0/s1. The Morgan fingerprint density at radius 3 is 2.53 bits per heavy atom. The maximum absolute atomic E-state index is 13.5. The minimum atomic E-state index is -0.602. The Bertz CT molecular complexity index is 1020. The lowest BCUT2D eigenvalue weighted by atomic mass is 9.81. The summed E-state index contributed by atoms with van der Waals surface area (Å²) in [6, 6.07) is 11.5. The van der Waals surface area contributed by atoms with Gasteiger partial charge in [0.1, 0.15) is 6.04 Å². The number of carbonyl (C=O) groups is 3. The van der Waals surface area contributed by atoms with Crippen LogP contribution < -0.4 is 11.1 Å². The SMILES string of the molecule is CCC[C@H](C(N)=O)C(CC(C)C)C(=O)N[C@H]1CCCCN(Cc2cncc(-c3ccccc3)c2)C1=O. The molecule has 2 aromatic rings. The number of pyridine rings is 1. The van der Waals surface area contributed by atoms with E-state index in [9.17, 15) is 14.4 Å². The van der Waals surface area contributed by atoms with E-state index in [-0.39, 0.29) is 17.7 Å². The molecule has 0 radical (unpaired) electrons. The summed E-state index contributed by atoms with van der Waals surface area (Å²) in [7, 11) is 0. The predicted molar refractivity (Wildman–Crippen MR) is 141 cm³/mol. The zero-order valence-corrected chi connectivity index (χ0v) is 21.8. The number of carbonyl (C=O) groups excluding carboxylic acids is 3. The molecule has 1 aliphatic rings. The largest absolute Gasteiger partial charge is 0.369 e.